The molecular weight excluding hydrogens is 391 g/mol. The first-order chi connectivity index (χ1) is 14.2. The lowest BCUT2D eigenvalue weighted by Gasteiger charge is -2.23. The molecule has 1 saturated carbocycles. The van der Waals surface area contributed by atoms with Crippen molar-refractivity contribution in [1.82, 2.24) is 0 Å². The van der Waals surface area contributed by atoms with Gasteiger partial charge >= 0.3 is 5.97 Å². The Morgan fingerprint density at radius 1 is 1.27 bits per heavy atom. The molecule has 0 spiro atoms. The molecule has 164 valence electrons. The molecule has 1 aromatic rings. The van der Waals surface area contributed by atoms with Crippen molar-refractivity contribution in [3.63, 3.8) is 0 Å². The molecule has 1 aromatic carbocycles. The summed E-state index contributed by atoms with van der Waals surface area (Å²) in [7, 11) is 0. The van der Waals surface area contributed by atoms with E-state index in [9.17, 15) is 24.5 Å². The average Bonchev–Trinajstić information content (AvgIpc) is 2.95. The molecule has 1 aliphatic carbocycles. The van der Waals surface area contributed by atoms with E-state index in [2.05, 4.69) is 5.73 Å². The van der Waals surface area contributed by atoms with Crippen molar-refractivity contribution in [3.05, 3.63) is 60.1 Å². The summed E-state index contributed by atoms with van der Waals surface area (Å²) in [6.45, 7) is 1.50. The standard InChI is InChI=1S/C23H29FO6/c1-23(29,15-30-17-10-8-16(24)9-11-17)13-12-19-18(20(25)14-21(19)26)6-4-2-3-5-7-22(27)28/h3-4,8-13,18-21,25-26,29H,5-7,14-15H2,1H3,(H,27,28)/t2?,18-,19-,20+,21-,23?/m1/s1. The van der Waals surface area contributed by atoms with Crippen molar-refractivity contribution < 1.29 is 34.3 Å². The first-order valence-electron chi connectivity index (χ1n) is 9.95. The monoisotopic (exact) mass is 420 g/mol. The quantitative estimate of drug-likeness (QED) is 0.343. The van der Waals surface area contributed by atoms with Crippen LogP contribution in [0.15, 0.2) is 54.3 Å². The van der Waals surface area contributed by atoms with Crippen LogP contribution >= 0.6 is 0 Å². The number of aliphatic hydroxyl groups excluding tert-OH is 2. The SMILES string of the molecule is CC(O)(C=C[C@@H]1[C@@H](CC=C=CCCC(=O)O)[C@@H](O)C[C@H]1O)COc1ccc(F)cc1. The van der Waals surface area contributed by atoms with E-state index < -0.39 is 23.8 Å². The summed E-state index contributed by atoms with van der Waals surface area (Å²) >= 11 is 0. The molecule has 0 bridgehead atoms. The largest absolute Gasteiger partial charge is 0.490 e. The highest BCUT2D eigenvalue weighted by atomic mass is 19.1. The molecule has 0 amide bonds. The number of carboxylic acids is 1. The van der Waals surface area contributed by atoms with Gasteiger partial charge < -0.3 is 25.2 Å². The van der Waals surface area contributed by atoms with E-state index in [1.54, 1.807) is 31.2 Å². The number of aliphatic hydroxyl groups is 3. The lowest BCUT2D eigenvalue weighted by atomic mass is 9.89. The molecule has 0 aliphatic heterocycles. The topological polar surface area (TPSA) is 107 Å². The van der Waals surface area contributed by atoms with Crippen LogP contribution < -0.4 is 4.74 Å². The number of benzene rings is 1. The Bertz CT molecular complexity index is 779. The predicted molar refractivity (Wildman–Crippen MR) is 109 cm³/mol. The van der Waals surface area contributed by atoms with E-state index in [0.717, 1.165) is 0 Å². The van der Waals surface area contributed by atoms with Gasteiger partial charge in [-0.1, -0.05) is 12.2 Å². The molecular formula is C23H29FO6. The van der Waals surface area contributed by atoms with Crippen molar-refractivity contribution in [2.24, 2.45) is 11.8 Å². The maximum atomic E-state index is 12.9. The van der Waals surface area contributed by atoms with Crippen LogP contribution in [0.4, 0.5) is 4.39 Å². The molecule has 2 rings (SSSR count). The van der Waals surface area contributed by atoms with Gasteiger partial charge in [-0.3, -0.25) is 4.79 Å². The summed E-state index contributed by atoms with van der Waals surface area (Å²) in [5.41, 5.74) is 1.59. The van der Waals surface area contributed by atoms with Crippen molar-refractivity contribution in [2.75, 3.05) is 6.61 Å². The zero-order chi connectivity index (χ0) is 22.1. The maximum Gasteiger partial charge on any atom is 0.303 e. The highest BCUT2D eigenvalue weighted by molar-refractivity contribution is 5.66. The van der Waals surface area contributed by atoms with Crippen molar-refractivity contribution in [1.29, 1.82) is 0 Å². The highest BCUT2D eigenvalue weighted by Crippen LogP contribution is 2.36. The first kappa shape index (κ1) is 23.8. The minimum absolute atomic E-state index is 0.0338. The van der Waals surface area contributed by atoms with Crippen molar-refractivity contribution >= 4 is 5.97 Å². The van der Waals surface area contributed by atoms with Crippen LogP contribution in [0.3, 0.4) is 0 Å². The number of hydrogen-bond donors (Lipinski definition) is 4. The Morgan fingerprint density at radius 3 is 2.63 bits per heavy atom. The Hall–Kier alpha value is -2.44. The minimum Gasteiger partial charge on any atom is -0.490 e. The van der Waals surface area contributed by atoms with E-state index in [1.165, 1.54) is 24.3 Å². The number of carboxylic acid groups (broad SMARTS) is 1. The van der Waals surface area contributed by atoms with Gasteiger partial charge in [0.15, 0.2) is 0 Å². The first-order valence-corrected chi connectivity index (χ1v) is 9.95. The summed E-state index contributed by atoms with van der Waals surface area (Å²) < 4.78 is 18.4. The number of rotatable bonds is 10. The fourth-order valence-corrected chi connectivity index (χ4v) is 3.40. The van der Waals surface area contributed by atoms with E-state index in [0.29, 0.717) is 18.6 Å². The van der Waals surface area contributed by atoms with Gasteiger partial charge in [0.25, 0.3) is 0 Å². The number of allylic oxidation sites excluding steroid dienone is 1. The Labute approximate surface area is 175 Å². The Balaban J connectivity index is 1.94. The summed E-state index contributed by atoms with van der Waals surface area (Å²) in [5.74, 6) is -1.42. The fourth-order valence-electron chi connectivity index (χ4n) is 3.40. The molecule has 0 saturated heterocycles. The van der Waals surface area contributed by atoms with Gasteiger partial charge in [-0.25, -0.2) is 4.39 Å². The number of aliphatic carboxylic acids is 1. The second kappa shape index (κ2) is 11.1. The third kappa shape index (κ3) is 7.76. The van der Waals surface area contributed by atoms with Crippen LogP contribution in [0.2, 0.25) is 0 Å². The number of ether oxygens (including phenoxy) is 1. The van der Waals surface area contributed by atoms with Crippen LogP contribution in [0.1, 0.15) is 32.6 Å². The average molecular weight is 420 g/mol. The number of carbonyl (C=O) groups is 1. The lowest BCUT2D eigenvalue weighted by molar-refractivity contribution is -0.136. The fraction of sp³-hybridized carbons (Fsp3) is 0.478. The molecule has 1 aliphatic rings. The Kier molecular flexibility index (Phi) is 8.81. The van der Waals surface area contributed by atoms with Gasteiger partial charge in [0, 0.05) is 18.8 Å². The molecule has 1 fully saturated rings. The van der Waals surface area contributed by atoms with Gasteiger partial charge in [0.05, 0.1) is 12.2 Å². The summed E-state index contributed by atoms with van der Waals surface area (Å²) in [5, 5.41) is 39.7. The summed E-state index contributed by atoms with van der Waals surface area (Å²) in [6, 6.07) is 5.48. The van der Waals surface area contributed by atoms with Crippen LogP contribution in [-0.4, -0.2) is 50.8 Å². The van der Waals surface area contributed by atoms with Crippen LogP contribution in [-0.2, 0) is 4.79 Å². The van der Waals surface area contributed by atoms with Crippen LogP contribution in [0.5, 0.6) is 5.75 Å². The summed E-state index contributed by atoms with van der Waals surface area (Å²) in [6.07, 6.45) is 6.29. The highest BCUT2D eigenvalue weighted by Gasteiger charge is 2.39. The molecule has 30 heavy (non-hydrogen) atoms. The van der Waals surface area contributed by atoms with Gasteiger partial charge in [0.2, 0.25) is 0 Å². The smallest absolute Gasteiger partial charge is 0.303 e. The molecule has 0 aromatic heterocycles. The molecule has 4 N–H and O–H groups in total. The van der Waals surface area contributed by atoms with Crippen LogP contribution in [0, 0.1) is 17.7 Å². The van der Waals surface area contributed by atoms with E-state index in [4.69, 9.17) is 9.84 Å². The number of halogens is 1. The third-order valence-corrected chi connectivity index (χ3v) is 5.07. The molecule has 7 heteroatoms. The van der Waals surface area contributed by atoms with E-state index in [1.807, 2.05) is 0 Å². The van der Waals surface area contributed by atoms with E-state index >= 15 is 0 Å². The molecule has 1 unspecified atom stereocenters. The van der Waals surface area contributed by atoms with Crippen molar-refractivity contribution in [2.45, 2.75) is 50.4 Å². The van der Waals surface area contributed by atoms with Gasteiger partial charge in [-0.2, -0.15) is 0 Å². The third-order valence-electron chi connectivity index (χ3n) is 5.07. The van der Waals surface area contributed by atoms with Gasteiger partial charge in [0.1, 0.15) is 23.8 Å². The maximum absolute atomic E-state index is 12.9. The Morgan fingerprint density at radius 2 is 1.97 bits per heavy atom. The zero-order valence-electron chi connectivity index (χ0n) is 16.9. The molecule has 0 radical (unpaired) electrons. The second-order valence-electron chi connectivity index (χ2n) is 7.81. The van der Waals surface area contributed by atoms with Crippen LogP contribution in [0.25, 0.3) is 0 Å². The molecule has 0 heterocycles. The molecule has 6 nitrogen and oxygen atoms in total. The zero-order valence-corrected chi connectivity index (χ0v) is 16.9. The summed E-state index contributed by atoms with van der Waals surface area (Å²) in [4.78, 5) is 10.5. The normalized spacial score (nSPS) is 25.5. The predicted octanol–water partition coefficient (Wildman–Crippen LogP) is 2.84. The van der Waals surface area contributed by atoms with E-state index in [-0.39, 0.29) is 37.1 Å². The van der Waals surface area contributed by atoms with Gasteiger partial charge in [-0.05, 0) is 62.1 Å². The number of hydrogen-bond acceptors (Lipinski definition) is 5. The lowest BCUT2D eigenvalue weighted by Crippen LogP contribution is -2.30. The molecule has 5 atom stereocenters. The minimum atomic E-state index is -1.32. The second-order valence-corrected chi connectivity index (χ2v) is 7.81. The van der Waals surface area contributed by atoms with Crippen molar-refractivity contribution in [3.8, 4) is 5.75 Å². The van der Waals surface area contributed by atoms with Gasteiger partial charge in [-0.15, -0.1) is 5.73 Å².